The normalized spacial score (nSPS) is 23.8. The summed E-state index contributed by atoms with van der Waals surface area (Å²) in [5, 5.41) is 16.9. The number of carbonyl (C=O) groups is 1. The Labute approximate surface area is 191 Å². The van der Waals surface area contributed by atoms with Crippen LogP contribution in [-0.4, -0.2) is 55.8 Å². The molecule has 35 heavy (non-hydrogen) atoms. The van der Waals surface area contributed by atoms with Gasteiger partial charge in [-0.3, -0.25) is 4.79 Å². The number of nitrogens with two attached hydrogens (primary N) is 1. The topological polar surface area (TPSA) is 118 Å². The molecule has 1 saturated carbocycles. The lowest BCUT2D eigenvalue weighted by Crippen LogP contribution is -2.53. The van der Waals surface area contributed by atoms with Crippen molar-refractivity contribution in [1.82, 2.24) is 20.1 Å². The summed E-state index contributed by atoms with van der Waals surface area (Å²) in [7, 11) is 0. The van der Waals surface area contributed by atoms with Crippen LogP contribution in [0.2, 0.25) is 0 Å². The molecule has 16 heteroatoms. The van der Waals surface area contributed by atoms with E-state index in [9.17, 15) is 45.0 Å². The number of aliphatic hydroxyl groups is 1. The summed E-state index contributed by atoms with van der Waals surface area (Å²) in [5.41, 5.74) is -2.27. The molecule has 2 aromatic rings. The number of nitrogens with zero attached hydrogens (tertiary/aromatic N) is 4. The van der Waals surface area contributed by atoms with Crippen molar-refractivity contribution in [3.63, 3.8) is 0 Å². The lowest BCUT2D eigenvalue weighted by Gasteiger charge is -2.42. The number of alkyl halides is 8. The standard InChI is InChI=1S/C19H17F8N5O3/c20-16(21)6-8(7-16)32-4-2-1-3-17(34,19(25,26)27)15-31-30-13(35-15)12-10(28)5-9(18(22,23)24)11(29-12)14(32)33/h5,8,34H,1-4,6-7,28H2. The molecule has 1 atom stereocenters. The van der Waals surface area contributed by atoms with Gasteiger partial charge in [0.05, 0.1) is 11.3 Å². The summed E-state index contributed by atoms with van der Waals surface area (Å²) < 4.78 is 114. The fourth-order valence-corrected chi connectivity index (χ4v) is 4.03. The smallest absolute Gasteiger partial charge is 0.416 e. The Balaban J connectivity index is 1.89. The highest BCUT2D eigenvalue weighted by Gasteiger charge is 2.59. The average molecular weight is 515 g/mol. The van der Waals surface area contributed by atoms with E-state index in [-0.39, 0.29) is 6.42 Å². The van der Waals surface area contributed by atoms with Crippen LogP contribution in [0.4, 0.5) is 40.8 Å². The minimum Gasteiger partial charge on any atom is -0.416 e. The summed E-state index contributed by atoms with van der Waals surface area (Å²) in [6, 6.07) is -0.842. The first-order chi connectivity index (χ1) is 16.0. The number of halogens is 8. The largest absolute Gasteiger partial charge is 0.426 e. The molecule has 1 fully saturated rings. The fraction of sp³-hybridized carbons (Fsp3) is 0.579. The van der Waals surface area contributed by atoms with Crippen LogP contribution in [0.3, 0.4) is 0 Å². The lowest BCUT2D eigenvalue weighted by atomic mass is 9.86. The van der Waals surface area contributed by atoms with Gasteiger partial charge < -0.3 is 20.2 Å². The summed E-state index contributed by atoms with van der Waals surface area (Å²) in [6.07, 6.45) is -13.8. The van der Waals surface area contributed by atoms with Crippen molar-refractivity contribution in [2.75, 3.05) is 12.3 Å². The molecule has 2 aliphatic rings. The summed E-state index contributed by atoms with van der Waals surface area (Å²) in [5.74, 6) is -6.66. The maximum absolute atomic E-state index is 13.7. The molecule has 1 amide bonds. The monoisotopic (exact) mass is 515 g/mol. The molecule has 1 aliphatic carbocycles. The van der Waals surface area contributed by atoms with Gasteiger partial charge in [-0.05, 0) is 25.3 Å². The zero-order valence-electron chi connectivity index (χ0n) is 17.6. The average Bonchev–Trinajstić information content (AvgIpc) is 3.19. The Bertz CT molecular complexity index is 1140. The number of rotatable bonds is 1. The molecule has 4 rings (SSSR count). The van der Waals surface area contributed by atoms with Gasteiger partial charge in [-0.25, -0.2) is 13.8 Å². The number of fused-ring (bicyclic) bond motifs is 5. The Morgan fingerprint density at radius 1 is 1.09 bits per heavy atom. The second-order valence-electron chi connectivity index (χ2n) is 8.46. The van der Waals surface area contributed by atoms with Crippen LogP contribution in [0.1, 0.15) is 54.0 Å². The van der Waals surface area contributed by atoms with E-state index in [1.54, 1.807) is 0 Å². The Kier molecular flexibility index (Phi) is 5.72. The maximum atomic E-state index is 13.7. The van der Waals surface area contributed by atoms with Crippen molar-refractivity contribution in [3.8, 4) is 11.6 Å². The number of amides is 1. The van der Waals surface area contributed by atoms with Crippen molar-refractivity contribution in [3.05, 3.63) is 23.2 Å². The van der Waals surface area contributed by atoms with Crippen LogP contribution >= 0.6 is 0 Å². The summed E-state index contributed by atoms with van der Waals surface area (Å²) in [6.45, 7) is -0.458. The Morgan fingerprint density at radius 3 is 2.31 bits per heavy atom. The quantitative estimate of drug-likeness (QED) is 0.553. The molecule has 0 saturated heterocycles. The van der Waals surface area contributed by atoms with Gasteiger partial charge in [-0.2, -0.15) is 26.3 Å². The second kappa shape index (κ2) is 7.99. The van der Waals surface area contributed by atoms with Crippen LogP contribution in [0, 0.1) is 0 Å². The van der Waals surface area contributed by atoms with E-state index >= 15 is 0 Å². The van der Waals surface area contributed by atoms with Crippen molar-refractivity contribution < 1.29 is 49.4 Å². The lowest BCUT2D eigenvalue weighted by molar-refractivity contribution is -0.277. The van der Waals surface area contributed by atoms with E-state index in [4.69, 9.17) is 10.2 Å². The van der Waals surface area contributed by atoms with Crippen LogP contribution in [-0.2, 0) is 11.8 Å². The zero-order valence-corrected chi connectivity index (χ0v) is 17.6. The van der Waals surface area contributed by atoms with Gasteiger partial charge in [-0.1, -0.05) is 0 Å². The number of hydrogen-bond acceptors (Lipinski definition) is 7. The number of carbonyl (C=O) groups excluding carboxylic acids is 1. The van der Waals surface area contributed by atoms with Crippen LogP contribution < -0.4 is 5.73 Å². The van der Waals surface area contributed by atoms with Gasteiger partial charge in [0.1, 0.15) is 5.69 Å². The van der Waals surface area contributed by atoms with Crippen molar-refractivity contribution >= 4 is 11.6 Å². The predicted octanol–water partition coefficient (Wildman–Crippen LogP) is 3.91. The molecule has 192 valence electrons. The molecular formula is C19H17F8N5O3. The highest BCUT2D eigenvalue weighted by atomic mass is 19.4. The molecule has 1 unspecified atom stereocenters. The van der Waals surface area contributed by atoms with E-state index in [0.29, 0.717) is 6.07 Å². The molecular weight excluding hydrogens is 498 g/mol. The van der Waals surface area contributed by atoms with E-state index < -0.39 is 102 Å². The Hall–Kier alpha value is -3.04. The minimum atomic E-state index is -5.28. The van der Waals surface area contributed by atoms with Gasteiger partial charge >= 0.3 is 12.4 Å². The first-order valence-corrected chi connectivity index (χ1v) is 10.2. The van der Waals surface area contributed by atoms with Gasteiger partial charge in [0.2, 0.25) is 5.60 Å². The summed E-state index contributed by atoms with van der Waals surface area (Å²) in [4.78, 5) is 17.5. The van der Waals surface area contributed by atoms with Crippen LogP contribution in [0.15, 0.2) is 10.5 Å². The van der Waals surface area contributed by atoms with Gasteiger partial charge in [0, 0.05) is 25.4 Å². The van der Waals surface area contributed by atoms with Crippen LogP contribution in [0.5, 0.6) is 0 Å². The molecule has 0 spiro atoms. The van der Waals surface area contributed by atoms with E-state index in [0.717, 1.165) is 4.90 Å². The van der Waals surface area contributed by atoms with Gasteiger partial charge in [0.25, 0.3) is 23.6 Å². The molecule has 1 aliphatic heterocycles. The summed E-state index contributed by atoms with van der Waals surface area (Å²) >= 11 is 0. The minimum absolute atomic E-state index is 0.267. The predicted molar refractivity (Wildman–Crippen MR) is 99.8 cm³/mol. The first kappa shape index (κ1) is 25.1. The molecule has 3 N–H and O–H groups in total. The van der Waals surface area contributed by atoms with Crippen molar-refractivity contribution in [2.45, 2.75) is 62.0 Å². The number of aromatic nitrogens is 3. The number of nitrogen functional groups attached to an aromatic ring is 1. The van der Waals surface area contributed by atoms with E-state index in [1.807, 2.05) is 0 Å². The highest BCUT2D eigenvalue weighted by molar-refractivity contribution is 5.95. The molecule has 3 heterocycles. The Morgan fingerprint density at radius 2 is 1.74 bits per heavy atom. The maximum Gasteiger partial charge on any atom is 0.426 e. The first-order valence-electron chi connectivity index (χ1n) is 10.2. The molecule has 2 aromatic heterocycles. The molecule has 8 nitrogen and oxygen atoms in total. The fourth-order valence-electron chi connectivity index (χ4n) is 4.03. The molecule has 0 radical (unpaired) electrons. The number of hydrogen-bond donors (Lipinski definition) is 2. The zero-order chi connectivity index (χ0) is 26.0. The third-order valence-electron chi connectivity index (χ3n) is 5.97. The van der Waals surface area contributed by atoms with E-state index in [1.165, 1.54) is 0 Å². The third-order valence-corrected chi connectivity index (χ3v) is 5.97. The highest BCUT2D eigenvalue weighted by Crippen LogP contribution is 2.45. The number of anilines is 1. The van der Waals surface area contributed by atoms with Gasteiger partial charge in [0.15, 0.2) is 5.69 Å². The molecule has 0 aromatic carbocycles. The van der Waals surface area contributed by atoms with Crippen LogP contribution in [0.25, 0.3) is 11.6 Å². The van der Waals surface area contributed by atoms with Crippen molar-refractivity contribution in [1.29, 1.82) is 0 Å². The third kappa shape index (κ3) is 4.38. The van der Waals surface area contributed by atoms with Gasteiger partial charge in [-0.15, -0.1) is 10.2 Å². The second-order valence-corrected chi connectivity index (χ2v) is 8.46. The molecule has 4 bridgehead atoms. The number of pyridine rings is 1. The van der Waals surface area contributed by atoms with E-state index in [2.05, 4.69) is 15.2 Å². The van der Waals surface area contributed by atoms with Crippen molar-refractivity contribution in [2.24, 2.45) is 0 Å². The SMILES string of the molecule is Nc1cc(C(F)(F)F)c2nc1-c1nnc(o1)C(O)(C(F)(F)F)CCCCN(C1CC(F)(F)C1)C2=O.